The van der Waals surface area contributed by atoms with Gasteiger partial charge in [-0.15, -0.1) is 0 Å². The van der Waals surface area contributed by atoms with Gasteiger partial charge in [0.1, 0.15) is 18.9 Å². The first-order valence-electron chi connectivity index (χ1n) is 9.79. The lowest BCUT2D eigenvalue weighted by Crippen LogP contribution is -2.28. The number of pyridine rings is 1. The van der Waals surface area contributed by atoms with Gasteiger partial charge in [-0.1, -0.05) is 60.7 Å². The minimum Gasteiger partial charge on any atom is -0.460 e. The van der Waals surface area contributed by atoms with Crippen molar-refractivity contribution in [3.8, 4) is 0 Å². The highest BCUT2D eigenvalue weighted by Crippen LogP contribution is 2.35. The average Bonchev–Trinajstić information content (AvgIpc) is 2.82. The van der Waals surface area contributed by atoms with Crippen molar-refractivity contribution in [1.82, 2.24) is 4.98 Å². The fourth-order valence-electron chi connectivity index (χ4n) is 2.93. The van der Waals surface area contributed by atoms with Crippen LogP contribution < -0.4 is 0 Å². The molecule has 0 atom stereocenters. The van der Waals surface area contributed by atoms with E-state index in [0.29, 0.717) is 17.3 Å². The number of nitro groups is 1. The number of carbonyl (C=O) groups excluding carboxylic acids is 2. The smallest absolute Gasteiger partial charge is 0.418 e. The van der Waals surface area contributed by atoms with E-state index in [9.17, 15) is 32.9 Å². The molecule has 1 aromatic heterocycles. The van der Waals surface area contributed by atoms with Crippen LogP contribution in [-0.2, 0) is 38.5 Å². The van der Waals surface area contributed by atoms with Crippen LogP contribution in [0.25, 0.3) is 0 Å². The van der Waals surface area contributed by atoms with Crippen LogP contribution in [0.4, 0.5) is 18.9 Å². The Hall–Kier alpha value is -4.28. The molecule has 0 N–H and O–H groups in total. The van der Waals surface area contributed by atoms with Crippen LogP contribution in [0.2, 0.25) is 0 Å². The predicted octanol–water partition coefficient (Wildman–Crippen LogP) is 4.58. The second-order valence-corrected chi connectivity index (χ2v) is 7.00. The van der Waals surface area contributed by atoms with Gasteiger partial charge in [0.15, 0.2) is 0 Å². The molecule has 0 saturated heterocycles. The summed E-state index contributed by atoms with van der Waals surface area (Å²) in [6.45, 7) is -0.562. The van der Waals surface area contributed by atoms with Gasteiger partial charge in [0.05, 0.1) is 10.5 Å². The van der Waals surface area contributed by atoms with E-state index in [1.54, 1.807) is 60.7 Å². The molecule has 0 amide bonds. The van der Waals surface area contributed by atoms with Crippen molar-refractivity contribution in [2.45, 2.75) is 25.3 Å². The fraction of sp³-hybridized carbons (Fsp3) is 0.174. The molecule has 0 radical (unpaired) electrons. The second kappa shape index (κ2) is 10.6. The molecule has 0 bridgehead atoms. The van der Waals surface area contributed by atoms with Crippen LogP contribution in [0.1, 0.15) is 28.3 Å². The molecule has 8 nitrogen and oxygen atoms in total. The standard InChI is InChI=1S/C23H17F3N2O6/c24-23(25,26)17-11-18(28(31)32)20(27-12-17)19(21(29)33-13-15-7-3-1-4-8-15)22(30)34-14-16-9-5-2-6-10-16/h1-12,19H,13-14H2. The van der Waals surface area contributed by atoms with Crippen molar-refractivity contribution in [2.24, 2.45) is 0 Å². The lowest BCUT2D eigenvalue weighted by atomic mass is 10.0. The van der Waals surface area contributed by atoms with Gasteiger partial charge in [0.25, 0.3) is 5.69 Å². The summed E-state index contributed by atoms with van der Waals surface area (Å²) in [5, 5.41) is 11.5. The number of hydrogen-bond acceptors (Lipinski definition) is 7. The van der Waals surface area contributed by atoms with Gasteiger partial charge in [-0.05, 0) is 11.1 Å². The Morgan fingerprint density at radius 3 is 1.79 bits per heavy atom. The van der Waals surface area contributed by atoms with Crippen molar-refractivity contribution < 1.29 is 37.2 Å². The summed E-state index contributed by atoms with van der Waals surface area (Å²) in [5.41, 5.74) is -2.26. The molecule has 0 aliphatic heterocycles. The number of benzene rings is 2. The van der Waals surface area contributed by atoms with E-state index in [2.05, 4.69) is 4.98 Å². The van der Waals surface area contributed by atoms with E-state index in [-0.39, 0.29) is 19.3 Å². The van der Waals surface area contributed by atoms with Crippen molar-refractivity contribution in [3.63, 3.8) is 0 Å². The van der Waals surface area contributed by atoms with Crippen LogP contribution >= 0.6 is 0 Å². The molecule has 0 fully saturated rings. The van der Waals surface area contributed by atoms with Crippen molar-refractivity contribution in [1.29, 1.82) is 0 Å². The number of aromatic nitrogens is 1. The summed E-state index contributed by atoms with van der Waals surface area (Å²) in [4.78, 5) is 39.4. The lowest BCUT2D eigenvalue weighted by molar-refractivity contribution is -0.386. The minimum absolute atomic E-state index is 0.213. The Morgan fingerprint density at radius 1 is 0.912 bits per heavy atom. The van der Waals surface area contributed by atoms with Crippen LogP contribution in [0.15, 0.2) is 72.9 Å². The maximum absolute atomic E-state index is 13.1. The van der Waals surface area contributed by atoms with Gasteiger partial charge in [-0.3, -0.25) is 24.7 Å². The number of nitrogens with zero attached hydrogens (tertiary/aromatic N) is 2. The zero-order valence-corrected chi connectivity index (χ0v) is 17.4. The number of hydrogen-bond donors (Lipinski definition) is 0. The summed E-state index contributed by atoms with van der Waals surface area (Å²) in [5.74, 6) is -4.58. The van der Waals surface area contributed by atoms with E-state index in [1.165, 1.54) is 0 Å². The Kier molecular flexibility index (Phi) is 7.57. The molecule has 0 spiro atoms. The predicted molar refractivity (Wildman–Crippen MR) is 111 cm³/mol. The first-order valence-corrected chi connectivity index (χ1v) is 9.79. The molecule has 176 valence electrons. The van der Waals surface area contributed by atoms with E-state index in [1.807, 2.05) is 0 Å². The zero-order chi connectivity index (χ0) is 24.7. The number of halogens is 3. The molecule has 3 rings (SSSR count). The second-order valence-electron chi connectivity index (χ2n) is 7.00. The Balaban J connectivity index is 1.94. The van der Waals surface area contributed by atoms with Gasteiger partial charge in [0, 0.05) is 12.3 Å². The highest BCUT2D eigenvalue weighted by Gasteiger charge is 2.41. The topological polar surface area (TPSA) is 109 Å². The first kappa shape index (κ1) is 24.4. The summed E-state index contributed by atoms with van der Waals surface area (Å²) >= 11 is 0. The van der Waals surface area contributed by atoms with Gasteiger partial charge >= 0.3 is 18.1 Å². The molecular formula is C23H17F3N2O6. The largest absolute Gasteiger partial charge is 0.460 e. The quantitative estimate of drug-likeness (QED) is 0.203. The number of alkyl halides is 3. The molecule has 1 heterocycles. The number of esters is 2. The van der Waals surface area contributed by atoms with Gasteiger partial charge in [-0.25, -0.2) is 0 Å². The average molecular weight is 474 g/mol. The lowest BCUT2D eigenvalue weighted by Gasteiger charge is -2.16. The number of ether oxygens (including phenoxy) is 2. The van der Waals surface area contributed by atoms with Gasteiger partial charge < -0.3 is 9.47 Å². The zero-order valence-electron chi connectivity index (χ0n) is 17.4. The third-order valence-corrected chi connectivity index (χ3v) is 4.61. The molecular weight excluding hydrogens is 457 g/mol. The van der Waals surface area contributed by atoms with Crippen molar-refractivity contribution >= 4 is 17.6 Å². The maximum Gasteiger partial charge on any atom is 0.418 e. The van der Waals surface area contributed by atoms with E-state index in [4.69, 9.17) is 9.47 Å². The third kappa shape index (κ3) is 6.15. The summed E-state index contributed by atoms with van der Waals surface area (Å²) in [7, 11) is 0. The third-order valence-electron chi connectivity index (χ3n) is 4.61. The molecule has 2 aromatic carbocycles. The van der Waals surface area contributed by atoms with Crippen molar-refractivity contribution in [3.05, 3.63) is 105 Å². The molecule has 0 unspecified atom stereocenters. The summed E-state index contributed by atoms with van der Waals surface area (Å²) in [6, 6.07) is 16.9. The Morgan fingerprint density at radius 2 is 1.38 bits per heavy atom. The van der Waals surface area contributed by atoms with E-state index in [0.717, 1.165) is 0 Å². The van der Waals surface area contributed by atoms with Gasteiger partial charge in [-0.2, -0.15) is 13.2 Å². The molecule has 11 heteroatoms. The molecule has 0 saturated carbocycles. The highest BCUT2D eigenvalue weighted by atomic mass is 19.4. The van der Waals surface area contributed by atoms with Crippen LogP contribution in [0, 0.1) is 10.1 Å². The first-order chi connectivity index (χ1) is 16.2. The van der Waals surface area contributed by atoms with Gasteiger partial charge in [0.2, 0.25) is 5.92 Å². The molecule has 3 aromatic rings. The van der Waals surface area contributed by atoms with Crippen LogP contribution in [-0.4, -0.2) is 21.8 Å². The van der Waals surface area contributed by atoms with Crippen molar-refractivity contribution in [2.75, 3.05) is 0 Å². The SMILES string of the molecule is O=C(OCc1ccccc1)C(C(=O)OCc1ccccc1)c1ncc(C(F)(F)F)cc1[N+](=O)[O-]. The van der Waals surface area contributed by atoms with E-state index >= 15 is 0 Å². The Bertz CT molecular complexity index is 1110. The summed E-state index contributed by atoms with van der Waals surface area (Å²) in [6.07, 6.45) is -4.61. The summed E-state index contributed by atoms with van der Waals surface area (Å²) < 4.78 is 49.4. The highest BCUT2D eigenvalue weighted by molar-refractivity contribution is 6.01. The Labute approximate surface area is 191 Å². The number of carbonyl (C=O) groups is 2. The van der Waals surface area contributed by atoms with Crippen LogP contribution in [0.3, 0.4) is 0 Å². The van der Waals surface area contributed by atoms with E-state index < -0.39 is 45.9 Å². The van der Waals surface area contributed by atoms with Crippen LogP contribution in [0.5, 0.6) is 0 Å². The molecule has 34 heavy (non-hydrogen) atoms. The maximum atomic E-state index is 13.1. The molecule has 0 aliphatic carbocycles. The normalized spacial score (nSPS) is 11.2. The monoisotopic (exact) mass is 474 g/mol. The molecule has 0 aliphatic rings. The number of rotatable bonds is 8. The fourth-order valence-corrected chi connectivity index (χ4v) is 2.93. The minimum atomic E-state index is -4.92.